The van der Waals surface area contributed by atoms with Crippen molar-refractivity contribution in [3.8, 4) is 0 Å². The van der Waals surface area contributed by atoms with Crippen molar-refractivity contribution in [2.75, 3.05) is 13.2 Å². The summed E-state index contributed by atoms with van der Waals surface area (Å²) in [6.07, 6.45) is 0.294. The van der Waals surface area contributed by atoms with Gasteiger partial charge in [0.15, 0.2) is 0 Å². The molecule has 0 fully saturated rings. The summed E-state index contributed by atoms with van der Waals surface area (Å²) < 4.78 is 26.7. The van der Waals surface area contributed by atoms with Crippen LogP contribution in [0.3, 0.4) is 0 Å². The Morgan fingerprint density at radius 2 is 2.18 bits per heavy atom. The van der Waals surface area contributed by atoms with Gasteiger partial charge in [-0.15, -0.1) is 0 Å². The Labute approximate surface area is 67.2 Å². The highest BCUT2D eigenvalue weighted by atomic mass is 32.2. The zero-order valence-corrected chi connectivity index (χ0v) is 6.93. The highest BCUT2D eigenvalue weighted by Gasteiger charge is 1.98. The first-order valence-corrected chi connectivity index (χ1v) is 4.09. The van der Waals surface area contributed by atoms with Crippen LogP contribution in [0.2, 0.25) is 0 Å². The van der Waals surface area contributed by atoms with Gasteiger partial charge in [-0.3, -0.25) is 13.5 Å². The van der Waals surface area contributed by atoms with Gasteiger partial charge in [0, 0.05) is 6.42 Å². The van der Waals surface area contributed by atoms with E-state index in [1.165, 1.54) is 0 Å². The minimum atomic E-state index is -2.27. The van der Waals surface area contributed by atoms with Gasteiger partial charge in [0.05, 0.1) is 0 Å². The van der Waals surface area contributed by atoms with Crippen LogP contribution in [0.4, 0.5) is 0 Å². The molecule has 5 nitrogen and oxygen atoms in total. The van der Waals surface area contributed by atoms with Gasteiger partial charge in [-0.05, 0) is 0 Å². The summed E-state index contributed by atoms with van der Waals surface area (Å²) in [6.45, 7) is 1.61. The molecule has 1 atom stereocenters. The van der Waals surface area contributed by atoms with Gasteiger partial charge in [-0.25, -0.2) is 0 Å². The molecule has 0 radical (unpaired) electrons. The van der Waals surface area contributed by atoms with Crippen molar-refractivity contribution in [2.45, 2.75) is 13.3 Å². The molecule has 0 aromatic heterocycles. The van der Waals surface area contributed by atoms with Crippen LogP contribution in [0.25, 0.3) is 0 Å². The van der Waals surface area contributed by atoms with E-state index >= 15 is 0 Å². The van der Waals surface area contributed by atoms with Crippen LogP contribution in [0.5, 0.6) is 0 Å². The quantitative estimate of drug-likeness (QED) is 0.370. The molecule has 1 unspecified atom stereocenters. The minimum Gasteiger partial charge on any atom is -0.463 e. The van der Waals surface area contributed by atoms with E-state index in [2.05, 4.69) is 8.92 Å². The van der Waals surface area contributed by atoms with Gasteiger partial charge in [-0.1, -0.05) is 6.92 Å². The van der Waals surface area contributed by atoms with Crippen molar-refractivity contribution in [3.63, 3.8) is 0 Å². The Morgan fingerprint density at radius 1 is 1.55 bits per heavy atom. The summed E-state index contributed by atoms with van der Waals surface area (Å²) in [5, 5.41) is 0. The lowest BCUT2D eigenvalue weighted by atomic mass is 10.5. The smallest absolute Gasteiger partial charge is 0.305 e. The SMILES string of the molecule is CCC(=O)OCCOS(=O)O. The number of hydrogen-bond acceptors (Lipinski definition) is 4. The molecule has 0 aliphatic rings. The average Bonchev–Trinajstić information content (AvgIpc) is 1.97. The van der Waals surface area contributed by atoms with E-state index < -0.39 is 11.4 Å². The first kappa shape index (κ1) is 10.5. The normalized spacial score (nSPS) is 12.5. The summed E-state index contributed by atoms with van der Waals surface area (Å²) in [4.78, 5) is 10.4. The maximum absolute atomic E-state index is 10.4. The Kier molecular flexibility index (Phi) is 6.00. The molecule has 0 aromatic rings. The summed E-state index contributed by atoms with van der Waals surface area (Å²) in [5.74, 6) is -0.350. The molecule has 66 valence electrons. The van der Waals surface area contributed by atoms with Crippen molar-refractivity contribution < 1.29 is 22.5 Å². The molecule has 11 heavy (non-hydrogen) atoms. The predicted octanol–water partition coefficient (Wildman–Crippen LogP) is 0.0929. The highest BCUT2D eigenvalue weighted by molar-refractivity contribution is 7.74. The van der Waals surface area contributed by atoms with Gasteiger partial charge < -0.3 is 4.74 Å². The highest BCUT2D eigenvalue weighted by Crippen LogP contribution is 1.85. The molecule has 0 aromatic carbocycles. The van der Waals surface area contributed by atoms with E-state index in [-0.39, 0.29) is 19.2 Å². The lowest BCUT2D eigenvalue weighted by Gasteiger charge is -2.00. The Balaban J connectivity index is 3.14. The van der Waals surface area contributed by atoms with Gasteiger partial charge in [0.1, 0.15) is 13.2 Å². The Bertz CT molecular complexity index is 146. The maximum atomic E-state index is 10.4. The molecule has 0 heterocycles. The zero-order valence-electron chi connectivity index (χ0n) is 6.11. The van der Waals surface area contributed by atoms with Crippen molar-refractivity contribution in [2.24, 2.45) is 0 Å². The number of carbonyl (C=O) groups is 1. The molecule has 0 saturated heterocycles. The molecule has 0 bridgehead atoms. The number of hydrogen-bond donors (Lipinski definition) is 1. The topological polar surface area (TPSA) is 72.8 Å². The first-order chi connectivity index (χ1) is 5.16. The van der Waals surface area contributed by atoms with E-state index in [0.717, 1.165) is 0 Å². The van der Waals surface area contributed by atoms with Crippen LogP contribution >= 0.6 is 0 Å². The molecule has 0 aliphatic carbocycles. The Hall–Kier alpha value is -0.460. The third-order valence-corrected chi connectivity index (χ3v) is 1.19. The zero-order chi connectivity index (χ0) is 8.69. The van der Waals surface area contributed by atoms with Crippen LogP contribution in [0, 0.1) is 0 Å². The number of esters is 1. The number of rotatable bonds is 5. The second-order valence-corrected chi connectivity index (χ2v) is 2.28. The molecule has 1 N–H and O–H groups in total. The average molecular weight is 182 g/mol. The van der Waals surface area contributed by atoms with Crippen LogP contribution in [-0.2, 0) is 25.1 Å². The fraction of sp³-hybridized carbons (Fsp3) is 0.800. The minimum absolute atomic E-state index is 0.0129. The summed E-state index contributed by atoms with van der Waals surface area (Å²) in [5.41, 5.74) is 0. The number of carbonyl (C=O) groups excluding carboxylic acids is 1. The van der Waals surface area contributed by atoms with E-state index in [1.807, 2.05) is 0 Å². The third-order valence-electron chi connectivity index (χ3n) is 0.819. The monoisotopic (exact) mass is 182 g/mol. The Morgan fingerprint density at radius 3 is 2.64 bits per heavy atom. The van der Waals surface area contributed by atoms with Gasteiger partial charge in [0.25, 0.3) is 0 Å². The van der Waals surface area contributed by atoms with Crippen molar-refractivity contribution in [3.05, 3.63) is 0 Å². The second-order valence-electron chi connectivity index (χ2n) is 1.61. The van der Waals surface area contributed by atoms with Crippen LogP contribution in [-0.4, -0.2) is 27.9 Å². The molecular weight excluding hydrogens is 172 g/mol. The van der Waals surface area contributed by atoms with Gasteiger partial charge >= 0.3 is 17.3 Å². The lowest BCUT2D eigenvalue weighted by molar-refractivity contribution is -0.143. The predicted molar refractivity (Wildman–Crippen MR) is 38.0 cm³/mol. The van der Waals surface area contributed by atoms with Crippen molar-refractivity contribution in [1.82, 2.24) is 0 Å². The molecule has 0 rings (SSSR count). The van der Waals surface area contributed by atoms with Crippen LogP contribution in [0.15, 0.2) is 0 Å². The molecule has 0 aliphatic heterocycles. The van der Waals surface area contributed by atoms with Crippen molar-refractivity contribution in [1.29, 1.82) is 0 Å². The summed E-state index contributed by atoms with van der Waals surface area (Å²) >= 11 is -2.27. The lowest BCUT2D eigenvalue weighted by Crippen LogP contribution is -2.10. The molecule has 0 saturated carbocycles. The number of ether oxygens (including phenoxy) is 1. The fourth-order valence-corrected chi connectivity index (χ4v) is 0.573. The molecule has 0 amide bonds. The molecule has 0 spiro atoms. The van der Waals surface area contributed by atoms with E-state index in [0.29, 0.717) is 6.42 Å². The second kappa shape index (κ2) is 6.26. The first-order valence-electron chi connectivity index (χ1n) is 3.06. The maximum Gasteiger partial charge on any atom is 0.305 e. The van der Waals surface area contributed by atoms with E-state index in [4.69, 9.17) is 4.55 Å². The molecule has 6 heteroatoms. The van der Waals surface area contributed by atoms with Gasteiger partial charge in [0.2, 0.25) is 0 Å². The van der Waals surface area contributed by atoms with E-state index in [9.17, 15) is 9.00 Å². The van der Waals surface area contributed by atoms with E-state index in [1.54, 1.807) is 6.92 Å². The third kappa shape index (κ3) is 7.44. The summed E-state index contributed by atoms with van der Waals surface area (Å²) in [6, 6.07) is 0. The van der Waals surface area contributed by atoms with Crippen LogP contribution < -0.4 is 0 Å². The summed E-state index contributed by atoms with van der Waals surface area (Å²) in [7, 11) is 0. The molecular formula is C5H10O5S. The van der Waals surface area contributed by atoms with Crippen LogP contribution in [0.1, 0.15) is 13.3 Å². The van der Waals surface area contributed by atoms with Crippen molar-refractivity contribution >= 4 is 17.3 Å². The standard InChI is InChI=1S/C5H10O5S/c1-2-5(6)9-3-4-10-11(7)8/h2-4H2,1H3,(H,7,8). The van der Waals surface area contributed by atoms with Gasteiger partial charge in [-0.2, -0.15) is 4.21 Å². The largest absolute Gasteiger partial charge is 0.463 e. The fourth-order valence-electron chi connectivity index (χ4n) is 0.363.